The highest BCUT2D eigenvalue weighted by atomic mass is 14.6. The molecule has 1 N–H and O–H groups in total. The lowest BCUT2D eigenvalue weighted by Crippen LogP contribution is -2.20. The van der Waals surface area contributed by atoms with Gasteiger partial charge in [0.1, 0.15) is 0 Å². The Balaban J connectivity index is 3.23. The minimum atomic E-state index is 1.09. The van der Waals surface area contributed by atoms with E-state index in [9.17, 15) is 0 Å². The Hall–Kier alpha value is -1.42. The van der Waals surface area contributed by atoms with Crippen molar-refractivity contribution in [2.75, 3.05) is 0 Å². The van der Waals surface area contributed by atoms with Crippen molar-refractivity contribution in [1.29, 1.82) is 0 Å². The number of nitrogens with one attached hydrogen (secondary N) is 1. The minimum Gasteiger partial charge on any atom is -0.361 e. The number of hydrogen-bond acceptors (Lipinski definition) is 0. The average Bonchev–Trinajstić information content (AvgIpc) is 2.33. The number of H-pyrrole nitrogens is 1. The normalized spacial score (nSPS) is 12.0. The van der Waals surface area contributed by atoms with Crippen molar-refractivity contribution < 1.29 is 0 Å². The number of hydrogen-bond donors (Lipinski definition) is 1. The molecule has 1 heterocycles. The van der Waals surface area contributed by atoms with Gasteiger partial charge in [0.15, 0.2) is 0 Å². The molecule has 42 valence electrons. The van der Waals surface area contributed by atoms with Gasteiger partial charge in [0.05, 0.1) is 5.35 Å². The van der Waals surface area contributed by atoms with Gasteiger partial charge in [-0.1, -0.05) is 11.5 Å². The van der Waals surface area contributed by atoms with Crippen LogP contribution in [0.3, 0.4) is 0 Å². The second-order valence-electron chi connectivity index (χ2n) is 1.91. The van der Waals surface area contributed by atoms with E-state index in [1.54, 1.807) is 0 Å². The predicted molar refractivity (Wildman–Crippen MR) is 36.0 cm³/mol. The van der Waals surface area contributed by atoms with Gasteiger partial charge in [0.2, 0.25) is 0 Å². The molecule has 0 aliphatic heterocycles. The fourth-order valence-corrected chi connectivity index (χ4v) is 0.874. The van der Waals surface area contributed by atoms with Gasteiger partial charge in [0, 0.05) is 11.4 Å². The van der Waals surface area contributed by atoms with E-state index >= 15 is 0 Å². The molecule has 0 atom stereocenters. The Bertz CT molecular complexity index is 396. The Morgan fingerprint density at radius 2 is 2.44 bits per heavy atom. The molecular weight excluding hydrogens is 110 g/mol. The third-order valence-electron chi connectivity index (χ3n) is 1.32. The lowest BCUT2D eigenvalue weighted by Gasteiger charge is -1.74. The van der Waals surface area contributed by atoms with Crippen molar-refractivity contribution in [3.8, 4) is 0 Å². The Morgan fingerprint density at radius 1 is 1.44 bits per heavy atom. The summed E-state index contributed by atoms with van der Waals surface area (Å²) < 4.78 is 0. The van der Waals surface area contributed by atoms with E-state index in [-0.39, 0.29) is 0 Å². The van der Waals surface area contributed by atoms with E-state index in [1.807, 2.05) is 24.4 Å². The molecule has 1 heteroatoms. The standard InChI is InChI=1S/C8H5N/c1-2-4-8-7(3-1)5-6-9-8/h2,4-6,9H. The zero-order valence-corrected chi connectivity index (χ0v) is 4.81. The van der Waals surface area contributed by atoms with Gasteiger partial charge in [-0.2, -0.15) is 0 Å². The van der Waals surface area contributed by atoms with Crippen LogP contribution in [0.15, 0.2) is 24.1 Å². The van der Waals surface area contributed by atoms with Gasteiger partial charge in [-0.05, 0) is 18.2 Å². The second kappa shape index (κ2) is 1.53. The van der Waals surface area contributed by atoms with Gasteiger partial charge < -0.3 is 4.98 Å². The van der Waals surface area contributed by atoms with Crippen LogP contribution in [0, 0.1) is 0 Å². The molecule has 1 nitrogen and oxygen atoms in total. The number of aromatic amines is 1. The lowest BCUT2D eigenvalue weighted by atomic mass is 10.3. The van der Waals surface area contributed by atoms with Crippen LogP contribution < -0.4 is 10.6 Å². The summed E-state index contributed by atoms with van der Waals surface area (Å²) >= 11 is 0. The summed E-state index contributed by atoms with van der Waals surface area (Å²) in [6.45, 7) is 0. The van der Waals surface area contributed by atoms with E-state index < -0.39 is 0 Å². The number of aromatic nitrogens is 1. The van der Waals surface area contributed by atoms with E-state index in [2.05, 4.69) is 16.4 Å². The van der Waals surface area contributed by atoms with Crippen LogP contribution in [0.4, 0.5) is 0 Å². The van der Waals surface area contributed by atoms with Crippen molar-refractivity contribution in [1.82, 2.24) is 4.98 Å². The van der Waals surface area contributed by atoms with Crippen molar-refractivity contribution in [3.05, 3.63) is 34.6 Å². The topological polar surface area (TPSA) is 15.8 Å². The molecule has 0 saturated carbocycles. The molecule has 1 aromatic heterocycles. The third-order valence-corrected chi connectivity index (χ3v) is 1.32. The molecule has 0 amide bonds. The zero-order valence-electron chi connectivity index (χ0n) is 4.81. The van der Waals surface area contributed by atoms with Crippen LogP contribution >= 0.6 is 0 Å². The number of rotatable bonds is 0. The molecule has 1 aliphatic carbocycles. The third kappa shape index (κ3) is 0.569. The Kier molecular flexibility index (Phi) is 0.757. The van der Waals surface area contributed by atoms with E-state index in [1.165, 1.54) is 0 Å². The second-order valence-corrected chi connectivity index (χ2v) is 1.91. The van der Waals surface area contributed by atoms with Gasteiger partial charge in [0.25, 0.3) is 0 Å². The maximum absolute atomic E-state index is 3.07. The molecule has 0 bridgehead atoms. The molecule has 0 spiro atoms. The van der Waals surface area contributed by atoms with Crippen LogP contribution in [-0.4, -0.2) is 4.98 Å². The summed E-state index contributed by atoms with van der Waals surface area (Å²) in [5.41, 5.74) is 5.85. The van der Waals surface area contributed by atoms with E-state index in [0.717, 1.165) is 10.6 Å². The van der Waals surface area contributed by atoms with Gasteiger partial charge in [-0.15, -0.1) is 0 Å². The molecule has 1 aliphatic rings. The molecule has 1 aromatic rings. The first-order valence-electron chi connectivity index (χ1n) is 2.82. The van der Waals surface area contributed by atoms with Crippen LogP contribution in [0.25, 0.3) is 11.8 Å². The molecule has 0 saturated heterocycles. The lowest BCUT2D eigenvalue weighted by molar-refractivity contribution is 1.32. The van der Waals surface area contributed by atoms with Crippen molar-refractivity contribution >= 4 is 11.8 Å². The molecular formula is C8H5N. The largest absolute Gasteiger partial charge is 0.361 e. The summed E-state index contributed by atoms with van der Waals surface area (Å²) in [7, 11) is 0. The SMILES string of the molecule is C1=C=c2cc[nH]c2=CC=1. The molecule has 0 fully saturated rings. The van der Waals surface area contributed by atoms with E-state index in [4.69, 9.17) is 0 Å². The van der Waals surface area contributed by atoms with E-state index in [0.29, 0.717) is 0 Å². The van der Waals surface area contributed by atoms with Crippen molar-refractivity contribution in [3.63, 3.8) is 0 Å². The minimum absolute atomic E-state index is 1.09. The van der Waals surface area contributed by atoms with Crippen LogP contribution in [0.1, 0.15) is 0 Å². The Labute approximate surface area is 52.3 Å². The first-order chi connectivity index (χ1) is 4.47. The molecule has 0 unspecified atom stereocenters. The fraction of sp³-hybridized carbons (Fsp3) is 0. The maximum Gasteiger partial charge on any atom is 0.0545 e. The van der Waals surface area contributed by atoms with Crippen LogP contribution in [0.5, 0.6) is 0 Å². The molecule has 0 aromatic carbocycles. The molecule has 9 heavy (non-hydrogen) atoms. The molecule has 0 radical (unpaired) electrons. The average molecular weight is 115 g/mol. The summed E-state index contributed by atoms with van der Waals surface area (Å²) in [6.07, 6.45) is 5.72. The van der Waals surface area contributed by atoms with Gasteiger partial charge in [-0.3, -0.25) is 0 Å². The number of fused-ring (bicyclic) bond motifs is 1. The highest BCUT2D eigenvalue weighted by Gasteiger charge is 1.82. The maximum atomic E-state index is 3.07. The highest BCUT2D eigenvalue weighted by molar-refractivity contribution is 5.42. The van der Waals surface area contributed by atoms with Crippen molar-refractivity contribution in [2.45, 2.75) is 0 Å². The van der Waals surface area contributed by atoms with Gasteiger partial charge >= 0.3 is 0 Å². The zero-order chi connectivity index (χ0) is 6.10. The van der Waals surface area contributed by atoms with Crippen LogP contribution in [0.2, 0.25) is 0 Å². The Morgan fingerprint density at radius 3 is 3.33 bits per heavy atom. The highest BCUT2D eigenvalue weighted by Crippen LogP contribution is 1.71. The first-order valence-corrected chi connectivity index (χ1v) is 2.82. The summed E-state index contributed by atoms with van der Waals surface area (Å²) in [5, 5.41) is 2.21. The smallest absolute Gasteiger partial charge is 0.0545 e. The summed E-state index contributed by atoms with van der Waals surface area (Å²) in [4.78, 5) is 3.07. The van der Waals surface area contributed by atoms with Crippen LogP contribution in [-0.2, 0) is 0 Å². The quantitative estimate of drug-likeness (QED) is 0.454. The van der Waals surface area contributed by atoms with Gasteiger partial charge in [-0.25, -0.2) is 0 Å². The number of allylic oxidation sites excluding steroid dienone is 1. The first kappa shape index (κ1) is 4.46. The van der Waals surface area contributed by atoms with Crippen molar-refractivity contribution in [2.24, 2.45) is 0 Å². The summed E-state index contributed by atoms with van der Waals surface area (Å²) in [6, 6.07) is 1.98. The fourth-order valence-electron chi connectivity index (χ4n) is 0.874. The molecule has 2 rings (SSSR count). The monoisotopic (exact) mass is 115 g/mol. The summed E-state index contributed by atoms with van der Waals surface area (Å²) in [5.74, 6) is 0. The predicted octanol–water partition coefficient (Wildman–Crippen LogP) is -0.100.